The number of ether oxygens (including phenoxy) is 1. The number of nitrogens with one attached hydrogen (secondary N) is 3. The van der Waals surface area contributed by atoms with Crippen molar-refractivity contribution in [1.29, 1.82) is 0 Å². The summed E-state index contributed by atoms with van der Waals surface area (Å²) in [5, 5.41) is 38.7. The molecule has 0 aromatic heterocycles. The zero-order valence-corrected chi connectivity index (χ0v) is 17.3. The molecule has 0 radical (unpaired) electrons. The van der Waals surface area contributed by atoms with Crippen LogP contribution in [0.15, 0.2) is 24.3 Å². The standard InChI is InChI=1S/C19H23ClN6O5/c20-10-3-1-9(2-4-10)17(5-6-17)14(28)31-12-7-26-16(22)23-11(8-27)13-18(26,19(12,29)30)25-15(21)24-13/h1-4,11-13,27,29-30H,5-8H2,(H5,21,22,23,24,25)/p+2/t11-,12-,13-,18-/m0/s1. The van der Waals surface area contributed by atoms with Gasteiger partial charge in [0.25, 0.3) is 5.79 Å². The zero-order valence-electron chi connectivity index (χ0n) is 16.5. The summed E-state index contributed by atoms with van der Waals surface area (Å²) in [6.45, 7) is -0.436. The fourth-order valence-corrected chi connectivity index (χ4v) is 5.20. The minimum Gasteiger partial charge on any atom is -0.452 e. The lowest BCUT2D eigenvalue weighted by atomic mass is 9.86. The first-order valence-corrected chi connectivity index (χ1v) is 10.4. The molecule has 5 rings (SSSR count). The predicted octanol–water partition coefficient (Wildman–Crippen LogP) is -4.67. The number of nitrogens with zero attached hydrogens (tertiary/aromatic N) is 1. The van der Waals surface area contributed by atoms with Gasteiger partial charge in [-0.15, -0.1) is 0 Å². The lowest BCUT2D eigenvalue weighted by Crippen LogP contribution is -2.91. The molecule has 11 nitrogen and oxygen atoms in total. The molecule has 1 saturated carbocycles. The van der Waals surface area contributed by atoms with Crippen LogP contribution >= 0.6 is 11.6 Å². The van der Waals surface area contributed by atoms with Crippen molar-refractivity contribution in [1.82, 2.24) is 10.6 Å². The van der Waals surface area contributed by atoms with Gasteiger partial charge in [0.15, 0.2) is 12.1 Å². The highest BCUT2D eigenvalue weighted by Crippen LogP contribution is 2.50. The summed E-state index contributed by atoms with van der Waals surface area (Å²) in [4.78, 5) is 16.1. The van der Waals surface area contributed by atoms with Gasteiger partial charge in [0, 0.05) is 5.02 Å². The Bertz CT molecular complexity index is 1010. The van der Waals surface area contributed by atoms with E-state index >= 15 is 0 Å². The second-order valence-electron chi connectivity index (χ2n) is 8.57. The third-order valence-electron chi connectivity index (χ3n) is 6.88. The maximum absolute atomic E-state index is 13.2. The maximum Gasteiger partial charge on any atom is 0.347 e. The van der Waals surface area contributed by atoms with Crippen molar-refractivity contribution < 1.29 is 34.4 Å². The second-order valence-corrected chi connectivity index (χ2v) is 9.00. The van der Waals surface area contributed by atoms with E-state index in [1.165, 1.54) is 4.58 Å². The monoisotopic (exact) mass is 452 g/mol. The molecule has 0 bridgehead atoms. The minimum atomic E-state index is -2.57. The highest BCUT2D eigenvalue weighted by atomic mass is 35.5. The first-order chi connectivity index (χ1) is 14.7. The summed E-state index contributed by atoms with van der Waals surface area (Å²) in [6.07, 6.45) is -0.153. The van der Waals surface area contributed by atoms with Crippen molar-refractivity contribution >= 4 is 29.5 Å². The van der Waals surface area contributed by atoms with E-state index in [-0.39, 0.29) is 25.1 Å². The molecule has 3 aliphatic heterocycles. The van der Waals surface area contributed by atoms with Gasteiger partial charge in [-0.2, -0.15) is 0 Å². The number of nitrogens with two attached hydrogens (primary N) is 2. The van der Waals surface area contributed by atoms with E-state index in [2.05, 4.69) is 15.6 Å². The molecule has 3 heterocycles. The Kier molecular flexibility index (Phi) is 4.23. The molecule has 1 aliphatic carbocycles. The Morgan fingerprint density at radius 3 is 2.58 bits per heavy atom. The number of hydrogen-bond donors (Lipinski definition) is 8. The van der Waals surface area contributed by atoms with Crippen LogP contribution in [0, 0.1) is 0 Å². The van der Waals surface area contributed by atoms with E-state index in [1.807, 2.05) is 0 Å². The molecule has 0 unspecified atom stereocenters. The molecule has 1 aromatic rings. The number of halogens is 1. The molecule has 1 spiro atoms. The van der Waals surface area contributed by atoms with Crippen molar-refractivity contribution in [3.05, 3.63) is 34.9 Å². The van der Waals surface area contributed by atoms with E-state index in [0.717, 1.165) is 5.56 Å². The molecule has 4 aliphatic rings. The van der Waals surface area contributed by atoms with E-state index in [1.54, 1.807) is 24.3 Å². The van der Waals surface area contributed by atoms with E-state index in [9.17, 15) is 20.1 Å². The molecule has 10 N–H and O–H groups in total. The van der Waals surface area contributed by atoms with Crippen molar-refractivity contribution in [3.63, 3.8) is 0 Å². The average molecular weight is 453 g/mol. The van der Waals surface area contributed by atoms with Crippen molar-refractivity contribution in [2.24, 2.45) is 11.5 Å². The van der Waals surface area contributed by atoms with Crippen LogP contribution < -0.4 is 27.1 Å². The fourth-order valence-electron chi connectivity index (χ4n) is 5.08. The van der Waals surface area contributed by atoms with Crippen LogP contribution in [0.5, 0.6) is 0 Å². The molecule has 0 amide bonds. The highest BCUT2D eigenvalue weighted by Gasteiger charge is 2.79. The summed E-state index contributed by atoms with van der Waals surface area (Å²) in [5.41, 5.74) is 10.3. The number of aliphatic hydroxyl groups excluding tert-OH is 1. The van der Waals surface area contributed by atoms with Gasteiger partial charge in [-0.05, 0) is 30.5 Å². The number of rotatable bonds is 4. The van der Waals surface area contributed by atoms with Crippen molar-refractivity contribution in [3.8, 4) is 0 Å². The van der Waals surface area contributed by atoms with Crippen molar-refractivity contribution in [2.45, 2.75) is 47.9 Å². The molecule has 2 fully saturated rings. The molecular formula is C19H25ClN6O5+2. The third-order valence-corrected chi connectivity index (χ3v) is 7.13. The third kappa shape index (κ3) is 2.60. The summed E-state index contributed by atoms with van der Waals surface area (Å²) >= 11 is 5.96. The van der Waals surface area contributed by atoms with Gasteiger partial charge >= 0.3 is 23.6 Å². The Balaban J connectivity index is 1.47. The van der Waals surface area contributed by atoms with Crippen molar-refractivity contribution in [2.75, 3.05) is 13.2 Å². The van der Waals surface area contributed by atoms with Crippen LogP contribution in [0.3, 0.4) is 0 Å². The largest absolute Gasteiger partial charge is 0.452 e. The maximum atomic E-state index is 13.2. The molecular weight excluding hydrogens is 428 g/mol. The summed E-state index contributed by atoms with van der Waals surface area (Å²) < 4.78 is 7.16. The Morgan fingerprint density at radius 2 is 1.97 bits per heavy atom. The fraction of sp³-hybridized carbons (Fsp3) is 0.526. The zero-order chi connectivity index (χ0) is 22.2. The van der Waals surface area contributed by atoms with Crippen LogP contribution in [-0.4, -0.2) is 80.6 Å². The van der Waals surface area contributed by atoms with Gasteiger partial charge < -0.3 is 20.1 Å². The van der Waals surface area contributed by atoms with Gasteiger partial charge in [-0.25, -0.2) is 9.89 Å². The number of carbonyl (C=O) groups is 1. The number of carbonyl (C=O) groups excluding carboxylic acids is 1. The summed E-state index contributed by atoms with van der Waals surface area (Å²) in [5.74, 6) is -2.93. The summed E-state index contributed by atoms with van der Waals surface area (Å²) in [6, 6.07) is 5.52. The predicted molar refractivity (Wildman–Crippen MR) is 108 cm³/mol. The first kappa shape index (κ1) is 20.3. The molecule has 12 heteroatoms. The van der Waals surface area contributed by atoms with E-state index < -0.39 is 41.0 Å². The molecule has 4 atom stereocenters. The van der Waals surface area contributed by atoms with Crippen LogP contribution in [-0.2, 0) is 14.9 Å². The molecule has 166 valence electrons. The second kappa shape index (κ2) is 6.45. The van der Waals surface area contributed by atoms with Crippen LogP contribution in [0.25, 0.3) is 0 Å². The van der Waals surface area contributed by atoms with Gasteiger partial charge in [0.1, 0.15) is 12.6 Å². The van der Waals surface area contributed by atoms with E-state index in [4.69, 9.17) is 27.8 Å². The lowest BCUT2D eigenvalue weighted by Gasteiger charge is -2.40. The average Bonchev–Trinajstić information content (AvgIpc) is 3.40. The van der Waals surface area contributed by atoms with Gasteiger partial charge in [-0.1, -0.05) is 23.7 Å². The van der Waals surface area contributed by atoms with Crippen LogP contribution in [0.2, 0.25) is 5.02 Å². The molecule has 31 heavy (non-hydrogen) atoms. The number of guanidine groups is 2. The SMILES string of the molecule is NC1=[NH+][C@H]2[C@H](CO)NC(N)=[N+]3C[C@H](OC(=O)C4(c5ccc(Cl)cc5)CC4)C(O)(O)[C@]23N1. The number of aliphatic hydroxyl groups is 3. The topological polar surface area (TPSA) is 180 Å². The number of benzene rings is 1. The summed E-state index contributed by atoms with van der Waals surface area (Å²) in [7, 11) is 0. The van der Waals surface area contributed by atoms with Gasteiger partial charge in [0.2, 0.25) is 0 Å². The van der Waals surface area contributed by atoms with Crippen LogP contribution in [0.4, 0.5) is 0 Å². The van der Waals surface area contributed by atoms with Gasteiger partial charge in [0.05, 0.1) is 12.0 Å². The van der Waals surface area contributed by atoms with Crippen LogP contribution in [0.1, 0.15) is 18.4 Å². The Hall–Kier alpha value is -2.60. The normalized spacial score (nSPS) is 34.2. The van der Waals surface area contributed by atoms with E-state index in [0.29, 0.717) is 17.9 Å². The molecule has 1 saturated heterocycles. The van der Waals surface area contributed by atoms with Gasteiger partial charge in [-0.3, -0.25) is 26.6 Å². The first-order valence-electron chi connectivity index (χ1n) is 10.0. The number of esters is 1. The minimum absolute atomic E-state index is 0.0872. The molecule has 1 aromatic carbocycles. The lowest BCUT2D eigenvalue weighted by molar-refractivity contribution is -0.674. The smallest absolute Gasteiger partial charge is 0.347 e. The quantitative estimate of drug-likeness (QED) is 0.126. The Morgan fingerprint density at radius 1 is 1.29 bits per heavy atom. The highest BCUT2D eigenvalue weighted by molar-refractivity contribution is 6.30. The number of hydrogen-bond acceptors (Lipinski definition) is 9. The Labute approximate surface area is 182 Å².